The molecule has 2 aliphatic rings. The molecule has 1 saturated carbocycles. The zero-order valence-corrected chi connectivity index (χ0v) is 8.23. The van der Waals surface area contributed by atoms with Crippen LogP contribution in [0.3, 0.4) is 0 Å². The zero-order chi connectivity index (χ0) is 10.0. The number of nitrogens with zero attached hydrogens (tertiary/aromatic N) is 1. The van der Waals surface area contributed by atoms with E-state index in [1.165, 1.54) is 0 Å². The summed E-state index contributed by atoms with van der Waals surface area (Å²) in [5, 5.41) is 3.14. The average molecular weight is 202 g/mol. The summed E-state index contributed by atoms with van der Waals surface area (Å²) in [6.07, 6.45) is 2.54. The molecule has 14 heavy (non-hydrogen) atoms. The molecule has 0 aromatic heterocycles. The number of alkyl halides is 2. The predicted molar refractivity (Wildman–Crippen MR) is 51.8 cm³/mol. The molecule has 0 aromatic carbocycles. The molecule has 1 fully saturated rings. The van der Waals surface area contributed by atoms with E-state index in [1.807, 2.05) is 0 Å². The summed E-state index contributed by atoms with van der Waals surface area (Å²) >= 11 is 0. The molecule has 2 rings (SSSR count). The number of aliphatic imine (C=N–C) groups is 1. The lowest BCUT2D eigenvalue weighted by Crippen LogP contribution is -2.40. The quantitative estimate of drug-likeness (QED) is 0.692. The van der Waals surface area contributed by atoms with Crippen molar-refractivity contribution in [3.8, 4) is 0 Å². The molecule has 0 bridgehead atoms. The third-order valence-electron chi connectivity index (χ3n) is 2.95. The summed E-state index contributed by atoms with van der Waals surface area (Å²) in [5.41, 5.74) is 0. The number of amidine groups is 1. The molecule has 1 aliphatic heterocycles. The Morgan fingerprint density at radius 3 is 2.86 bits per heavy atom. The van der Waals surface area contributed by atoms with Crippen molar-refractivity contribution in [1.82, 2.24) is 5.32 Å². The Bertz CT molecular complexity index is 238. The summed E-state index contributed by atoms with van der Waals surface area (Å²) in [4.78, 5) is 4.29. The Hall–Kier alpha value is -0.670. The van der Waals surface area contributed by atoms with Crippen LogP contribution in [0.15, 0.2) is 4.99 Å². The molecule has 0 aromatic rings. The van der Waals surface area contributed by atoms with Crippen LogP contribution in [0.4, 0.5) is 8.78 Å². The van der Waals surface area contributed by atoms with Crippen LogP contribution in [-0.4, -0.2) is 24.8 Å². The van der Waals surface area contributed by atoms with Gasteiger partial charge in [0.25, 0.3) is 0 Å². The summed E-state index contributed by atoms with van der Waals surface area (Å²) in [6, 6.07) is 0. The Morgan fingerprint density at radius 1 is 1.36 bits per heavy atom. The van der Waals surface area contributed by atoms with E-state index >= 15 is 0 Å². The van der Waals surface area contributed by atoms with Crippen molar-refractivity contribution in [3.05, 3.63) is 0 Å². The smallest absolute Gasteiger partial charge is 0.248 e. The van der Waals surface area contributed by atoms with Gasteiger partial charge in [-0.25, -0.2) is 8.78 Å². The Morgan fingerprint density at radius 2 is 2.21 bits per heavy atom. The maximum Gasteiger partial charge on any atom is 0.248 e. The van der Waals surface area contributed by atoms with Gasteiger partial charge in [-0.05, 0) is 19.3 Å². The van der Waals surface area contributed by atoms with Crippen molar-refractivity contribution in [2.24, 2.45) is 10.9 Å². The maximum absolute atomic E-state index is 13.1. The third kappa shape index (κ3) is 2.22. The largest absolute Gasteiger partial charge is 0.374 e. The second-order valence-corrected chi connectivity index (χ2v) is 4.20. The number of halogens is 2. The van der Waals surface area contributed by atoms with E-state index in [4.69, 9.17) is 0 Å². The number of hydrogen-bond donors (Lipinski definition) is 1. The third-order valence-corrected chi connectivity index (χ3v) is 2.95. The molecule has 0 saturated heterocycles. The molecule has 0 spiro atoms. The minimum atomic E-state index is -2.47. The van der Waals surface area contributed by atoms with Gasteiger partial charge in [0.05, 0.1) is 5.84 Å². The first kappa shape index (κ1) is 9.87. The van der Waals surface area contributed by atoms with Gasteiger partial charge in [-0.3, -0.25) is 4.99 Å². The summed E-state index contributed by atoms with van der Waals surface area (Å²) in [5.74, 6) is -1.67. The molecule has 1 N–H and O–H groups in total. The standard InChI is InChI=1S/C10H16F2N2/c11-10(12)4-1-3-8(7-10)9-13-5-2-6-14-9/h8H,1-7H2,(H,13,14). The van der Waals surface area contributed by atoms with Crippen LogP contribution >= 0.6 is 0 Å². The SMILES string of the molecule is FC1(F)CCCC(C2=NCCCN2)C1. The van der Waals surface area contributed by atoms with Gasteiger partial charge in [-0.2, -0.15) is 0 Å². The van der Waals surface area contributed by atoms with Crippen LogP contribution in [-0.2, 0) is 0 Å². The van der Waals surface area contributed by atoms with Crippen LogP contribution in [0.25, 0.3) is 0 Å². The van der Waals surface area contributed by atoms with E-state index in [2.05, 4.69) is 10.3 Å². The Balaban J connectivity index is 2.00. The van der Waals surface area contributed by atoms with Gasteiger partial charge in [0.15, 0.2) is 0 Å². The molecular formula is C10H16F2N2. The van der Waals surface area contributed by atoms with Gasteiger partial charge in [-0.15, -0.1) is 0 Å². The zero-order valence-electron chi connectivity index (χ0n) is 8.23. The van der Waals surface area contributed by atoms with Gasteiger partial charge in [0, 0.05) is 31.8 Å². The maximum atomic E-state index is 13.1. The lowest BCUT2D eigenvalue weighted by atomic mass is 9.85. The topological polar surface area (TPSA) is 24.4 Å². The van der Waals surface area contributed by atoms with Crippen molar-refractivity contribution in [2.45, 2.75) is 38.0 Å². The molecular weight excluding hydrogens is 186 g/mol. The molecule has 4 heteroatoms. The Kier molecular flexibility index (Phi) is 2.70. The first-order valence-corrected chi connectivity index (χ1v) is 5.33. The molecule has 1 atom stereocenters. The Labute approximate surface area is 82.8 Å². The van der Waals surface area contributed by atoms with Crippen molar-refractivity contribution >= 4 is 5.84 Å². The van der Waals surface area contributed by atoms with E-state index in [9.17, 15) is 8.78 Å². The van der Waals surface area contributed by atoms with Crippen LogP contribution in [0, 0.1) is 5.92 Å². The number of rotatable bonds is 1. The van der Waals surface area contributed by atoms with E-state index in [-0.39, 0.29) is 18.8 Å². The van der Waals surface area contributed by atoms with E-state index in [1.54, 1.807) is 0 Å². The highest BCUT2D eigenvalue weighted by molar-refractivity contribution is 5.85. The summed E-state index contributed by atoms with van der Waals surface area (Å²) in [7, 11) is 0. The normalized spacial score (nSPS) is 31.9. The average Bonchev–Trinajstić information content (AvgIpc) is 2.18. The summed E-state index contributed by atoms with van der Waals surface area (Å²) < 4.78 is 26.3. The van der Waals surface area contributed by atoms with Crippen LogP contribution in [0.1, 0.15) is 32.1 Å². The van der Waals surface area contributed by atoms with Crippen LogP contribution in [0.5, 0.6) is 0 Å². The van der Waals surface area contributed by atoms with Gasteiger partial charge < -0.3 is 5.32 Å². The van der Waals surface area contributed by atoms with Crippen LogP contribution in [0.2, 0.25) is 0 Å². The highest BCUT2D eigenvalue weighted by Crippen LogP contribution is 2.37. The van der Waals surface area contributed by atoms with Gasteiger partial charge in [0.1, 0.15) is 0 Å². The molecule has 80 valence electrons. The molecule has 1 unspecified atom stereocenters. The second kappa shape index (κ2) is 3.83. The minimum Gasteiger partial charge on any atom is -0.374 e. The molecule has 1 heterocycles. The van der Waals surface area contributed by atoms with Gasteiger partial charge >= 0.3 is 0 Å². The minimum absolute atomic E-state index is 0.0150. The molecule has 1 aliphatic carbocycles. The van der Waals surface area contributed by atoms with E-state index in [0.29, 0.717) is 6.42 Å². The monoisotopic (exact) mass is 202 g/mol. The first-order valence-electron chi connectivity index (χ1n) is 5.33. The van der Waals surface area contributed by atoms with Crippen LogP contribution < -0.4 is 5.32 Å². The van der Waals surface area contributed by atoms with E-state index in [0.717, 1.165) is 31.8 Å². The molecule has 0 radical (unpaired) electrons. The lowest BCUT2D eigenvalue weighted by molar-refractivity contribution is -0.0431. The highest BCUT2D eigenvalue weighted by atomic mass is 19.3. The van der Waals surface area contributed by atoms with Crippen molar-refractivity contribution < 1.29 is 8.78 Å². The van der Waals surface area contributed by atoms with Crippen molar-refractivity contribution in [1.29, 1.82) is 0 Å². The number of nitrogens with one attached hydrogen (secondary N) is 1. The van der Waals surface area contributed by atoms with Gasteiger partial charge in [0.2, 0.25) is 5.92 Å². The van der Waals surface area contributed by atoms with Crippen molar-refractivity contribution in [3.63, 3.8) is 0 Å². The van der Waals surface area contributed by atoms with E-state index < -0.39 is 5.92 Å². The molecule has 0 amide bonds. The lowest BCUT2D eigenvalue weighted by Gasteiger charge is -2.31. The predicted octanol–water partition coefficient (Wildman–Crippen LogP) is 2.20. The fraction of sp³-hybridized carbons (Fsp3) is 0.900. The highest BCUT2D eigenvalue weighted by Gasteiger charge is 2.38. The van der Waals surface area contributed by atoms with Crippen molar-refractivity contribution in [2.75, 3.05) is 13.1 Å². The number of hydrogen-bond acceptors (Lipinski definition) is 2. The first-order chi connectivity index (χ1) is 6.67. The fourth-order valence-electron chi connectivity index (χ4n) is 2.23. The van der Waals surface area contributed by atoms with Gasteiger partial charge in [-0.1, -0.05) is 0 Å². The summed E-state index contributed by atoms with van der Waals surface area (Å²) in [6.45, 7) is 1.69. The molecule has 2 nitrogen and oxygen atoms in total. The second-order valence-electron chi connectivity index (χ2n) is 4.20. The fourth-order valence-corrected chi connectivity index (χ4v) is 2.23.